The fourth-order valence-corrected chi connectivity index (χ4v) is 3.71. The molecule has 138 valence electrons. The molecule has 0 aliphatic carbocycles. The van der Waals surface area contributed by atoms with Gasteiger partial charge in [-0.15, -0.1) is 11.3 Å². The molecule has 7 heteroatoms. The molecule has 0 radical (unpaired) electrons. The first-order chi connectivity index (χ1) is 13.2. The van der Waals surface area contributed by atoms with E-state index >= 15 is 0 Å². The topological polar surface area (TPSA) is 58.9 Å². The molecular formula is C20H22N6S. The van der Waals surface area contributed by atoms with Crippen molar-refractivity contribution in [3.8, 4) is 11.3 Å². The first-order valence-corrected chi connectivity index (χ1v) is 9.77. The second kappa shape index (κ2) is 7.85. The normalized spacial score (nSPS) is 11.4. The van der Waals surface area contributed by atoms with Crippen LogP contribution in [0.3, 0.4) is 0 Å². The molecule has 0 saturated heterocycles. The standard InChI is InChI=1S/C20H22N6S/c1-25(2)10-9-21-20-23-17-8-11-27-19(17)18(24-20)16-12-22-26(14-16)13-15-6-4-3-5-7-15/h3-8,11-12,14H,9-10,13H2,1-2H3,(H,21,23,24). The average Bonchev–Trinajstić information content (AvgIpc) is 3.31. The Labute approximate surface area is 162 Å². The monoisotopic (exact) mass is 378 g/mol. The smallest absolute Gasteiger partial charge is 0.223 e. The molecule has 0 saturated carbocycles. The summed E-state index contributed by atoms with van der Waals surface area (Å²) in [4.78, 5) is 11.5. The zero-order chi connectivity index (χ0) is 18.6. The zero-order valence-electron chi connectivity index (χ0n) is 15.5. The third kappa shape index (κ3) is 4.15. The minimum Gasteiger partial charge on any atom is -0.353 e. The summed E-state index contributed by atoms with van der Waals surface area (Å²) in [7, 11) is 4.11. The fraction of sp³-hybridized carbons (Fsp3) is 0.250. The summed E-state index contributed by atoms with van der Waals surface area (Å²) in [6.45, 7) is 2.47. The SMILES string of the molecule is CN(C)CCNc1nc(-c2cnn(Cc3ccccc3)c2)c2sccc2n1. The molecule has 0 atom stereocenters. The van der Waals surface area contributed by atoms with Crippen molar-refractivity contribution >= 4 is 27.5 Å². The molecule has 0 unspecified atom stereocenters. The number of nitrogens with one attached hydrogen (secondary N) is 1. The highest BCUT2D eigenvalue weighted by Crippen LogP contribution is 2.31. The maximum atomic E-state index is 4.78. The van der Waals surface area contributed by atoms with Crippen LogP contribution in [0.4, 0.5) is 5.95 Å². The van der Waals surface area contributed by atoms with Crippen LogP contribution in [0.15, 0.2) is 54.2 Å². The van der Waals surface area contributed by atoms with Gasteiger partial charge in [0.1, 0.15) is 0 Å². The van der Waals surface area contributed by atoms with E-state index < -0.39 is 0 Å². The van der Waals surface area contributed by atoms with Gasteiger partial charge in [-0.05, 0) is 31.1 Å². The number of anilines is 1. The highest BCUT2D eigenvalue weighted by atomic mass is 32.1. The van der Waals surface area contributed by atoms with Gasteiger partial charge in [0.2, 0.25) is 5.95 Å². The Morgan fingerprint density at radius 3 is 2.78 bits per heavy atom. The predicted octanol–water partition coefficient (Wildman–Crippen LogP) is 3.58. The molecule has 0 amide bonds. The van der Waals surface area contributed by atoms with Crippen LogP contribution in [0.1, 0.15) is 5.56 Å². The van der Waals surface area contributed by atoms with Crippen molar-refractivity contribution in [1.29, 1.82) is 0 Å². The largest absolute Gasteiger partial charge is 0.353 e. The number of benzene rings is 1. The van der Waals surface area contributed by atoms with E-state index in [0.29, 0.717) is 5.95 Å². The van der Waals surface area contributed by atoms with Gasteiger partial charge in [0.15, 0.2) is 0 Å². The van der Waals surface area contributed by atoms with Gasteiger partial charge < -0.3 is 10.2 Å². The Hall–Kier alpha value is -2.77. The summed E-state index contributed by atoms with van der Waals surface area (Å²) in [6.07, 6.45) is 3.94. The van der Waals surface area contributed by atoms with Crippen LogP contribution in [-0.4, -0.2) is 51.8 Å². The molecule has 4 rings (SSSR count). The van der Waals surface area contributed by atoms with Crippen LogP contribution in [0, 0.1) is 0 Å². The van der Waals surface area contributed by atoms with Crippen LogP contribution in [0.5, 0.6) is 0 Å². The molecule has 1 N–H and O–H groups in total. The summed E-state index contributed by atoms with van der Waals surface area (Å²) in [5.41, 5.74) is 4.13. The predicted molar refractivity (Wildman–Crippen MR) is 111 cm³/mol. The third-order valence-electron chi connectivity index (χ3n) is 4.24. The van der Waals surface area contributed by atoms with Crippen molar-refractivity contribution in [2.45, 2.75) is 6.54 Å². The first-order valence-electron chi connectivity index (χ1n) is 8.89. The summed E-state index contributed by atoms with van der Waals surface area (Å²) >= 11 is 1.66. The van der Waals surface area contributed by atoms with Crippen molar-refractivity contribution in [3.05, 3.63) is 59.7 Å². The molecule has 4 aromatic rings. The molecule has 0 bridgehead atoms. The Balaban J connectivity index is 1.61. The van der Waals surface area contributed by atoms with Gasteiger partial charge >= 0.3 is 0 Å². The molecule has 0 aliphatic heterocycles. The lowest BCUT2D eigenvalue weighted by Crippen LogP contribution is -2.21. The molecule has 6 nitrogen and oxygen atoms in total. The fourth-order valence-electron chi connectivity index (χ4n) is 2.87. The second-order valence-electron chi connectivity index (χ2n) is 6.67. The highest BCUT2D eigenvalue weighted by Gasteiger charge is 2.13. The van der Waals surface area contributed by atoms with Crippen LogP contribution in [0.25, 0.3) is 21.5 Å². The zero-order valence-corrected chi connectivity index (χ0v) is 16.3. The number of rotatable bonds is 7. The van der Waals surface area contributed by atoms with Crippen molar-refractivity contribution in [2.75, 3.05) is 32.5 Å². The average molecular weight is 379 g/mol. The molecule has 3 heterocycles. The van der Waals surface area contributed by atoms with E-state index in [0.717, 1.165) is 41.1 Å². The van der Waals surface area contributed by atoms with Gasteiger partial charge in [-0.2, -0.15) is 5.10 Å². The summed E-state index contributed by atoms with van der Waals surface area (Å²) < 4.78 is 3.04. The molecular weight excluding hydrogens is 356 g/mol. The van der Waals surface area contributed by atoms with E-state index in [1.807, 2.05) is 35.1 Å². The van der Waals surface area contributed by atoms with Gasteiger partial charge in [-0.25, -0.2) is 9.97 Å². The Morgan fingerprint density at radius 1 is 1.11 bits per heavy atom. The first kappa shape index (κ1) is 17.6. The molecule has 0 aliphatic rings. The van der Waals surface area contributed by atoms with E-state index in [2.05, 4.69) is 58.1 Å². The molecule has 1 aromatic carbocycles. The van der Waals surface area contributed by atoms with E-state index in [4.69, 9.17) is 4.98 Å². The van der Waals surface area contributed by atoms with Crippen molar-refractivity contribution in [3.63, 3.8) is 0 Å². The molecule has 0 spiro atoms. The maximum Gasteiger partial charge on any atom is 0.223 e. The number of hydrogen-bond acceptors (Lipinski definition) is 6. The summed E-state index contributed by atoms with van der Waals surface area (Å²) in [5, 5.41) is 9.91. The summed E-state index contributed by atoms with van der Waals surface area (Å²) in [5.74, 6) is 0.661. The van der Waals surface area contributed by atoms with Crippen molar-refractivity contribution in [2.24, 2.45) is 0 Å². The minimum absolute atomic E-state index is 0.661. The van der Waals surface area contributed by atoms with E-state index in [1.165, 1.54) is 5.56 Å². The molecule has 3 aromatic heterocycles. The lowest BCUT2D eigenvalue weighted by Gasteiger charge is -2.11. The van der Waals surface area contributed by atoms with E-state index in [1.54, 1.807) is 11.3 Å². The number of nitrogens with zero attached hydrogens (tertiary/aromatic N) is 5. The second-order valence-corrected chi connectivity index (χ2v) is 7.59. The van der Waals surface area contributed by atoms with Crippen molar-refractivity contribution < 1.29 is 0 Å². The molecule has 0 fully saturated rings. The number of fused-ring (bicyclic) bond motifs is 1. The highest BCUT2D eigenvalue weighted by molar-refractivity contribution is 7.17. The number of hydrogen-bond donors (Lipinski definition) is 1. The molecule has 27 heavy (non-hydrogen) atoms. The minimum atomic E-state index is 0.661. The van der Waals surface area contributed by atoms with Crippen LogP contribution in [-0.2, 0) is 6.54 Å². The Kier molecular flexibility index (Phi) is 5.13. The number of likely N-dealkylation sites (N-methyl/N-ethyl adjacent to an activating group) is 1. The van der Waals surface area contributed by atoms with Crippen LogP contribution in [0.2, 0.25) is 0 Å². The lowest BCUT2D eigenvalue weighted by molar-refractivity contribution is 0.425. The van der Waals surface area contributed by atoms with Crippen LogP contribution >= 0.6 is 11.3 Å². The van der Waals surface area contributed by atoms with Gasteiger partial charge in [0.25, 0.3) is 0 Å². The summed E-state index contributed by atoms with van der Waals surface area (Å²) in [6, 6.07) is 12.4. The third-order valence-corrected chi connectivity index (χ3v) is 5.15. The van der Waals surface area contributed by atoms with Crippen LogP contribution < -0.4 is 5.32 Å². The Morgan fingerprint density at radius 2 is 1.96 bits per heavy atom. The van der Waals surface area contributed by atoms with E-state index in [9.17, 15) is 0 Å². The van der Waals surface area contributed by atoms with Gasteiger partial charge in [0.05, 0.1) is 28.7 Å². The maximum absolute atomic E-state index is 4.78. The lowest BCUT2D eigenvalue weighted by atomic mass is 10.2. The van der Waals surface area contributed by atoms with Gasteiger partial charge in [0, 0.05) is 24.8 Å². The number of thiophene rings is 1. The van der Waals surface area contributed by atoms with Gasteiger partial charge in [-0.3, -0.25) is 4.68 Å². The Bertz CT molecular complexity index is 1020. The van der Waals surface area contributed by atoms with Gasteiger partial charge in [-0.1, -0.05) is 30.3 Å². The number of aromatic nitrogens is 4. The van der Waals surface area contributed by atoms with Crippen molar-refractivity contribution in [1.82, 2.24) is 24.6 Å². The quantitative estimate of drug-likeness (QED) is 0.533. The van der Waals surface area contributed by atoms with E-state index in [-0.39, 0.29) is 0 Å².